The molecule has 0 radical (unpaired) electrons. The maximum absolute atomic E-state index is 14.4. The van der Waals surface area contributed by atoms with Gasteiger partial charge in [0.05, 0.1) is 96.3 Å². The number of aliphatic carboxylic acids is 2. The van der Waals surface area contributed by atoms with Gasteiger partial charge in [0.2, 0.25) is 17.7 Å². The number of morpholine rings is 1. The summed E-state index contributed by atoms with van der Waals surface area (Å²) in [5.74, 6) is -4.83. The first kappa shape index (κ1) is 67.7. The number of nitrogens with zero attached hydrogens (tertiary/aromatic N) is 7. The molecule has 6 N–H and O–H groups in total. The van der Waals surface area contributed by atoms with E-state index in [-0.39, 0.29) is 128 Å². The Bertz CT molecular complexity index is 3210. The van der Waals surface area contributed by atoms with Crippen LogP contribution in [0.25, 0.3) is 28.1 Å². The number of hydrogen-bond acceptors (Lipinski definition) is 19. The third-order valence-electron chi connectivity index (χ3n) is 14.4. The fraction of sp³-hybridized carbons (Fsp3) is 0.509. The Balaban J connectivity index is 0.898. The van der Waals surface area contributed by atoms with Gasteiger partial charge in [-0.3, -0.25) is 57.7 Å². The highest BCUT2D eigenvalue weighted by atomic mass is 35.5. The lowest BCUT2D eigenvalue weighted by Gasteiger charge is -2.41. The summed E-state index contributed by atoms with van der Waals surface area (Å²) in [5, 5.41) is 32.5. The number of carbonyl (C=O) groups is 7. The highest BCUT2D eigenvalue weighted by Gasteiger charge is 2.40. The van der Waals surface area contributed by atoms with Gasteiger partial charge in [-0.2, -0.15) is 13.5 Å². The Morgan fingerprint density at radius 2 is 1.37 bits per heavy atom. The minimum absolute atomic E-state index is 0.0181. The number of nitrogens with one attached hydrogen (secondary N) is 3. The number of amides is 4. The van der Waals surface area contributed by atoms with E-state index >= 15 is 0 Å². The number of rotatable bonds is 26. The summed E-state index contributed by atoms with van der Waals surface area (Å²) in [6.07, 6.45) is -0.0181. The molecule has 2 fully saturated rings. The molecule has 27 nitrogen and oxygen atoms in total. The summed E-state index contributed by atoms with van der Waals surface area (Å²) < 4.78 is 64.3. The Morgan fingerprint density at radius 3 is 1.95 bits per heavy atom. The highest BCUT2D eigenvalue weighted by Crippen LogP contribution is 2.47. The molecule has 1 atom stereocenters. The molecule has 0 spiro atoms. The summed E-state index contributed by atoms with van der Waals surface area (Å²) in [4.78, 5) is 98.1. The van der Waals surface area contributed by atoms with Crippen molar-refractivity contribution >= 4 is 80.4 Å². The Hall–Kier alpha value is -6.83. The van der Waals surface area contributed by atoms with Gasteiger partial charge in [-0.25, -0.2) is 4.68 Å². The summed E-state index contributed by atoms with van der Waals surface area (Å²) in [7, 11) is -3.25. The zero-order valence-electron chi connectivity index (χ0n) is 48.9. The van der Waals surface area contributed by atoms with Crippen LogP contribution in [-0.2, 0) is 59.7 Å². The van der Waals surface area contributed by atoms with Crippen LogP contribution >= 0.6 is 23.2 Å². The number of carboxylic acid groups (broad SMARTS) is 2. The first-order valence-electron chi connectivity index (χ1n) is 28.1. The second-order valence-electron chi connectivity index (χ2n) is 21.7. The molecule has 30 heteroatoms. The van der Waals surface area contributed by atoms with Crippen LogP contribution in [-0.4, -0.2) is 255 Å². The Morgan fingerprint density at radius 1 is 0.759 bits per heavy atom. The van der Waals surface area contributed by atoms with Crippen LogP contribution in [0, 0.1) is 0 Å². The number of ether oxygens (including phenoxy) is 5. The van der Waals surface area contributed by atoms with E-state index in [1.165, 1.54) is 14.0 Å². The third-order valence-corrected chi connectivity index (χ3v) is 15.6. The van der Waals surface area contributed by atoms with Gasteiger partial charge in [-0.05, 0) is 62.7 Å². The average Bonchev–Trinajstić information content (AvgIpc) is 1.67. The van der Waals surface area contributed by atoms with Crippen molar-refractivity contribution in [1.29, 1.82) is 0 Å². The fourth-order valence-corrected chi connectivity index (χ4v) is 11.4. The van der Waals surface area contributed by atoms with E-state index in [0.29, 0.717) is 93.7 Å². The molecule has 0 bridgehead atoms. The largest absolute Gasteiger partial charge is 0.496 e. The summed E-state index contributed by atoms with van der Waals surface area (Å²) in [6, 6.07) is 14.1. The Kier molecular flexibility index (Phi) is 24.4. The molecule has 2 saturated heterocycles. The van der Waals surface area contributed by atoms with Crippen molar-refractivity contribution in [3.05, 3.63) is 75.9 Å². The number of anilines is 1. The van der Waals surface area contributed by atoms with Crippen molar-refractivity contribution in [1.82, 2.24) is 44.9 Å². The summed E-state index contributed by atoms with van der Waals surface area (Å²) in [5.41, 5.74) is 3.74. The number of fused-ring (bicyclic) bond motifs is 3. The van der Waals surface area contributed by atoms with Gasteiger partial charge >= 0.3 is 11.9 Å². The Labute approximate surface area is 513 Å². The summed E-state index contributed by atoms with van der Waals surface area (Å²) in [6.45, 7) is 7.18. The number of carboxylic acids is 2. The van der Waals surface area contributed by atoms with Crippen molar-refractivity contribution in [3.8, 4) is 39.6 Å². The molecule has 3 aromatic carbocycles. The van der Waals surface area contributed by atoms with Gasteiger partial charge in [0.15, 0.2) is 5.69 Å². The topological polar surface area (TPSA) is 331 Å². The molecule has 87 heavy (non-hydrogen) atoms. The molecular formula is C57H74Cl2N10O17S. The first-order valence-corrected chi connectivity index (χ1v) is 30.5. The maximum atomic E-state index is 14.4. The quantitative estimate of drug-likeness (QED) is 0.0388. The molecule has 474 valence electrons. The third kappa shape index (κ3) is 20.1. The number of hydrogen-bond donors (Lipinski definition) is 6. The van der Waals surface area contributed by atoms with Crippen LogP contribution in [0.4, 0.5) is 5.69 Å². The van der Waals surface area contributed by atoms with Crippen LogP contribution in [0.2, 0.25) is 10.0 Å². The number of halogens is 2. The molecule has 0 saturated carbocycles. The van der Waals surface area contributed by atoms with Crippen LogP contribution in [0.5, 0.6) is 11.5 Å². The molecule has 3 aliphatic rings. The average molecular weight is 1270 g/mol. The molecule has 4 aromatic rings. The second-order valence-corrected chi connectivity index (χ2v) is 24.1. The lowest BCUT2D eigenvalue weighted by molar-refractivity contribution is -0.139. The molecular weight excluding hydrogens is 1200 g/mol. The smallest absolute Gasteiger partial charge is 0.317 e. The van der Waals surface area contributed by atoms with E-state index in [4.69, 9.17) is 52.0 Å². The molecule has 1 aromatic heterocycles. The van der Waals surface area contributed by atoms with E-state index in [1.54, 1.807) is 66.7 Å². The molecule has 7 rings (SSSR count). The molecule has 4 amide bonds. The van der Waals surface area contributed by atoms with Crippen molar-refractivity contribution in [2.75, 3.05) is 149 Å². The fourth-order valence-electron chi connectivity index (χ4n) is 10.2. The van der Waals surface area contributed by atoms with Crippen LogP contribution in [0.1, 0.15) is 43.2 Å². The van der Waals surface area contributed by atoms with Gasteiger partial charge in [0.1, 0.15) is 35.7 Å². The molecule has 4 heterocycles. The number of methoxy groups -OCH3 is 1. The SMILES string of the molecule is COc1cc2c(cc1-c1cccc(NC(=O)CCOCCOCCNC(=O)C(CS(=O)(=O)O)NC(=O)CN3CCN(CC(=O)O)CCN(CC(C)=O)CCN(CC(=O)O)CC3)c1)-c1c(c(C(=O)N3CCOCC3(C)C)nn1-c1cc(Cl)cc(Cl)c1)CO2. The van der Waals surface area contributed by atoms with Gasteiger partial charge in [0, 0.05) is 104 Å². The zero-order chi connectivity index (χ0) is 63.0. The van der Waals surface area contributed by atoms with E-state index in [2.05, 4.69) is 16.0 Å². The van der Waals surface area contributed by atoms with E-state index in [1.807, 2.05) is 30.9 Å². The minimum Gasteiger partial charge on any atom is -0.496 e. The van der Waals surface area contributed by atoms with Crippen molar-refractivity contribution in [3.63, 3.8) is 0 Å². The van der Waals surface area contributed by atoms with Crippen LogP contribution in [0.15, 0.2) is 54.6 Å². The van der Waals surface area contributed by atoms with Gasteiger partial charge in [0.25, 0.3) is 16.0 Å². The highest BCUT2D eigenvalue weighted by molar-refractivity contribution is 7.85. The molecule has 3 aliphatic heterocycles. The van der Waals surface area contributed by atoms with Gasteiger partial charge in [-0.15, -0.1) is 0 Å². The lowest BCUT2D eigenvalue weighted by Crippen LogP contribution is -2.55. The van der Waals surface area contributed by atoms with E-state index in [9.17, 15) is 56.7 Å². The predicted octanol–water partition coefficient (Wildman–Crippen LogP) is 2.50. The van der Waals surface area contributed by atoms with Crippen LogP contribution in [0.3, 0.4) is 0 Å². The van der Waals surface area contributed by atoms with Crippen molar-refractivity contribution in [2.45, 2.75) is 45.4 Å². The number of aromatic nitrogens is 2. The zero-order valence-corrected chi connectivity index (χ0v) is 51.2. The van der Waals surface area contributed by atoms with E-state index in [0.717, 1.165) is 0 Å². The number of carbonyl (C=O) groups excluding carboxylic acids is 5. The standard InChI is InChI=1S/C57H74Cl2N10O17S/c1-37(70)30-64-10-14-66(32-51(73)74)16-12-65(13-17-67(15-11-64)33-52(75)76)31-50(72)62-46(35-87(79,80)81)55(77)60-9-20-84-23-22-83-19-8-49(71)61-41-7-5-6-38(24-41)43-28-44-48(29-47(43)82-4)86-34-45-53(56(78)68-18-21-85-36-57(68,2)3)63-69(54(44)45)42-26-39(58)25-40(59)27-42/h5-7,24-29,46H,8-23,30-36H2,1-4H3,(H,60,77)(H,61,71)(H,62,72)(H,73,74)(H,75,76)(H,79,80,81). The van der Waals surface area contributed by atoms with Crippen molar-refractivity contribution in [2.24, 2.45) is 0 Å². The lowest BCUT2D eigenvalue weighted by atomic mass is 9.95. The molecule has 0 aliphatic carbocycles. The normalized spacial score (nSPS) is 16.7. The monoisotopic (exact) mass is 1270 g/mol. The van der Waals surface area contributed by atoms with Gasteiger partial charge < -0.3 is 54.7 Å². The predicted molar refractivity (Wildman–Crippen MR) is 319 cm³/mol. The maximum Gasteiger partial charge on any atom is 0.317 e. The van der Waals surface area contributed by atoms with Crippen molar-refractivity contribution < 1.29 is 80.4 Å². The molecule has 1 unspecified atom stereocenters. The van der Waals surface area contributed by atoms with Gasteiger partial charge in [-0.1, -0.05) is 35.3 Å². The number of benzene rings is 3. The van der Waals surface area contributed by atoms with Crippen LogP contribution < -0.4 is 25.4 Å². The van der Waals surface area contributed by atoms with E-state index < -0.39 is 57.7 Å². The number of Topliss-reactive ketones (excluding diaryl/α,β-unsaturated/α-hetero) is 1. The second kappa shape index (κ2) is 31.4. The number of ketones is 1. The minimum atomic E-state index is -4.78. The summed E-state index contributed by atoms with van der Waals surface area (Å²) >= 11 is 13.0. The first-order chi connectivity index (χ1) is 41.4.